The molecule has 2 amide bonds. The van der Waals surface area contributed by atoms with Gasteiger partial charge in [0.15, 0.2) is 0 Å². The Labute approximate surface area is 175 Å². The van der Waals surface area contributed by atoms with Crippen molar-refractivity contribution in [2.75, 3.05) is 29.9 Å². The van der Waals surface area contributed by atoms with E-state index in [1.54, 1.807) is 6.20 Å². The highest BCUT2D eigenvalue weighted by atomic mass is 16.2. The molecular weight excluding hydrogens is 378 g/mol. The minimum absolute atomic E-state index is 0.0111. The Morgan fingerprint density at radius 3 is 2.50 bits per heavy atom. The number of aryl methyl sites for hydroxylation is 3. The quantitative estimate of drug-likeness (QED) is 0.702. The minimum Gasteiger partial charge on any atom is -0.353 e. The van der Waals surface area contributed by atoms with Crippen molar-refractivity contribution in [2.45, 2.75) is 20.8 Å². The third kappa shape index (κ3) is 3.91. The molecule has 4 rings (SSSR count). The van der Waals surface area contributed by atoms with Crippen LogP contribution < -0.4 is 15.5 Å². The van der Waals surface area contributed by atoms with E-state index in [-0.39, 0.29) is 11.8 Å². The van der Waals surface area contributed by atoms with E-state index in [4.69, 9.17) is 0 Å². The Hall–Kier alpha value is -3.61. The number of pyridine rings is 1. The van der Waals surface area contributed by atoms with Gasteiger partial charge in [0.25, 0.3) is 5.91 Å². The van der Waals surface area contributed by atoms with Crippen molar-refractivity contribution in [3.63, 3.8) is 0 Å². The number of rotatable bonds is 4. The third-order valence-corrected chi connectivity index (χ3v) is 5.28. The maximum absolute atomic E-state index is 13.1. The number of hydrogen-bond acceptors (Lipinski definition) is 4. The normalized spacial score (nSPS) is 13.8. The zero-order valence-corrected chi connectivity index (χ0v) is 17.4. The molecule has 1 fully saturated rings. The first kappa shape index (κ1) is 19.7. The molecule has 154 valence electrons. The van der Waals surface area contributed by atoms with E-state index in [0.29, 0.717) is 30.9 Å². The van der Waals surface area contributed by atoms with Gasteiger partial charge in [0.05, 0.1) is 29.7 Å². The lowest BCUT2D eigenvalue weighted by molar-refractivity contribution is -0.120. The largest absolute Gasteiger partial charge is 0.353 e. The fourth-order valence-electron chi connectivity index (χ4n) is 3.75. The second-order valence-corrected chi connectivity index (χ2v) is 7.60. The second kappa shape index (κ2) is 8.02. The Morgan fingerprint density at radius 1 is 1.07 bits per heavy atom. The molecule has 30 heavy (non-hydrogen) atoms. The van der Waals surface area contributed by atoms with E-state index in [1.807, 2.05) is 68.1 Å². The SMILES string of the molecule is Cc1ccc(-n2c(C)ccc2C)c(C(=O)Nc2ccc(N3CCNC(=O)C3)nc2)c1. The van der Waals surface area contributed by atoms with Crippen molar-refractivity contribution in [1.29, 1.82) is 0 Å². The van der Waals surface area contributed by atoms with Crippen LogP contribution in [0.5, 0.6) is 0 Å². The number of carbonyl (C=O) groups excluding carboxylic acids is 2. The predicted molar refractivity (Wildman–Crippen MR) is 117 cm³/mol. The molecule has 0 radical (unpaired) electrons. The average Bonchev–Trinajstić information content (AvgIpc) is 3.06. The summed E-state index contributed by atoms with van der Waals surface area (Å²) >= 11 is 0. The van der Waals surface area contributed by atoms with Crippen LogP contribution >= 0.6 is 0 Å². The lowest BCUT2D eigenvalue weighted by Crippen LogP contribution is -2.48. The smallest absolute Gasteiger partial charge is 0.257 e. The van der Waals surface area contributed by atoms with Gasteiger partial charge in [0, 0.05) is 24.5 Å². The van der Waals surface area contributed by atoms with Crippen molar-refractivity contribution < 1.29 is 9.59 Å². The Morgan fingerprint density at radius 2 is 1.83 bits per heavy atom. The number of piperazine rings is 1. The number of nitrogens with zero attached hydrogens (tertiary/aromatic N) is 3. The molecule has 0 aliphatic carbocycles. The highest BCUT2D eigenvalue weighted by Crippen LogP contribution is 2.23. The van der Waals surface area contributed by atoms with E-state index in [1.165, 1.54) is 0 Å². The molecule has 3 aromatic rings. The lowest BCUT2D eigenvalue weighted by atomic mass is 10.1. The average molecular weight is 403 g/mol. The van der Waals surface area contributed by atoms with Crippen LogP contribution in [0.3, 0.4) is 0 Å². The molecule has 0 atom stereocenters. The molecule has 1 aromatic carbocycles. The number of aromatic nitrogens is 2. The monoisotopic (exact) mass is 403 g/mol. The molecule has 0 unspecified atom stereocenters. The highest BCUT2D eigenvalue weighted by molar-refractivity contribution is 6.07. The number of carbonyl (C=O) groups is 2. The van der Waals surface area contributed by atoms with Crippen molar-refractivity contribution >= 4 is 23.3 Å². The molecular formula is C23H25N5O2. The first-order valence-electron chi connectivity index (χ1n) is 9.97. The molecule has 0 spiro atoms. The standard InChI is InChI=1S/C23H25N5O2/c1-15-4-8-20(28-16(2)5-6-17(28)3)19(12-15)23(30)26-18-7-9-21(25-13-18)27-11-10-24-22(29)14-27/h4-9,12-13H,10-11,14H2,1-3H3,(H,24,29)(H,26,30). The van der Waals surface area contributed by atoms with Gasteiger partial charge in [-0.2, -0.15) is 0 Å². The maximum Gasteiger partial charge on any atom is 0.257 e. The fraction of sp³-hybridized carbons (Fsp3) is 0.261. The van der Waals surface area contributed by atoms with Crippen LogP contribution in [0.4, 0.5) is 11.5 Å². The summed E-state index contributed by atoms with van der Waals surface area (Å²) in [6.45, 7) is 7.64. The van der Waals surface area contributed by atoms with Crippen LogP contribution in [-0.2, 0) is 4.79 Å². The zero-order chi connectivity index (χ0) is 21.3. The maximum atomic E-state index is 13.1. The van der Waals surface area contributed by atoms with Crippen molar-refractivity contribution in [1.82, 2.24) is 14.9 Å². The lowest BCUT2D eigenvalue weighted by Gasteiger charge is -2.27. The fourth-order valence-corrected chi connectivity index (χ4v) is 3.75. The van der Waals surface area contributed by atoms with Gasteiger partial charge in [-0.3, -0.25) is 9.59 Å². The minimum atomic E-state index is -0.187. The van der Waals surface area contributed by atoms with E-state index in [9.17, 15) is 9.59 Å². The topological polar surface area (TPSA) is 79.3 Å². The van der Waals surface area contributed by atoms with Crippen LogP contribution in [0, 0.1) is 20.8 Å². The summed E-state index contributed by atoms with van der Waals surface area (Å²) in [5.41, 5.74) is 5.22. The summed E-state index contributed by atoms with van der Waals surface area (Å²) in [4.78, 5) is 31.0. The van der Waals surface area contributed by atoms with Gasteiger partial charge in [-0.1, -0.05) is 11.6 Å². The summed E-state index contributed by atoms with van der Waals surface area (Å²) in [5, 5.41) is 5.75. The van der Waals surface area contributed by atoms with E-state index in [2.05, 4.69) is 20.2 Å². The van der Waals surface area contributed by atoms with Crippen LogP contribution in [0.1, 0.15) is 27.3 Å². The van der Waals surface area contributed by atoms with Gasteiger partial charge in [-0.25, -0.2) is 4.98 Å². The third-order valence-electron chi connectivity index (χ3n) is 5.28. The molecule has 0 bridgehead atoms. The predicted octanol–water partition coefficient (Wildman–Crippen LogP) is 2.99. The Bertz CT molecular complexity index is 1080. The number of anilines is 2. The van der Waals surface area contributed by atoms with Gasteiger partial charge in [-0.15, -0.1) is 0 Å². The number of benzene rings is 1. The van der Waals surface area contributed by atoms with Gasteiger partial charge in [0.2, 0.25) is 5.91 Å². The van der Waals surface area contributed by atoms with Crippen LogP contribution in [-0.4, -0.2) is 41.0 Å². The van der Waals surface area contributed by atoms with Crippen molar-refractivity contribution in [2.24, 2.45) is 0 Å². The Balaban J connectivity index is 1.57. The van der Waals surface area contributed by atoms with Crippen molar-refractivity contribution in [3.8, 4) is 5.69 Å². The summed E-state index contributed by atoms with van der Waals surface area (Å²) in [5.74, 6) is 0.522. The molecule has 7 heteroatoms. The molecule has 3 heterocycles. The number of amides is 2. The van der Waals surface area contributed by atoms with Crippen LogP contribution in [0.25, 0.3) is 5.69 Å². The molecule has 1 aliphatic heterocycles. The molecule has 1 saturated heterocycles. The number of nitrogens with one attached hydrogen (secondary N) is 2. The second-order valence-electron chi connectivity index (χ2n) is 7.60. The molecule has 7 nitrogen and oxygen atoms in total. The summed E-state index contributed by atoms with van der Waals surface area (Å²) < 4.78 is 2.08. The van der Waals surface area contributed by atoms with Gasteiger partial charge >= 0.3 is 0 Å². The summed E-state index contributed by atoms with van der Waals surface area (Å²) in [6, 6.07) is 13.6. The first-order chi connectivity index (χ1) is 14.4. The molecule has 2 N–H and O–H groups in total. The van der Waals surface area contributed by atoms with E-state index >= 15 is 0 Å². The Kier molecular flexibility index (Phi) is 5.27. The van der Waals surface area contributed by atoms with Crippen LogP contribution in [0.15, 0.2) is 48.7 Å². The van der Waals surface area contributed by atoms with E-state index in [0.717, 1.165) is 28.5 Å². The van der Waals surface area contributed by atoms with E-state index < -0.39 is 0 Å². The zero-order valence-electron chi connectivity index (χ0n) is 17.4. The molecule has 2 aromatic heterocycles. The van der Waals surface area contributed by atoms with Crippen molar-refractivity contribution in [3.05, 3.63) is 71.2 Å². The van der Waals surface area contributed by atoms with Crippen LogP contribution in [0.2, 0.25) is 0 Å². The number of hydrogen-bond donors (Lipinski definition) is 2. The summed E-state index contributed by atoms with van der Waals surface area (Å²) in [7, 11) is 0. The van der Waals surface area contributed by atoms with Gasteiger partial charge < -0.3 is 20.1 Å². The molecule has 1 aliphatic rings. The highest BCUT2D eigenvalue weighted by Gasteiger charge is 2.18. The van der Waals surface area contributed by atoms with Gasteiger partial charge in [0.1, 0.15) is 5.82 Å². The molecule has 0 saturated carbocycles. The summed E-state index contributed by atoms with van der Waals surface area (Å²) in [6.07, 6.45) is 1.63. The van der Waals surface area contributed by atoms with Gasteiger partial charge in [-0.05, 0) is 57.2 Å². The first-order valence-corrected chi connectivity index (χ1v) is 9.97.